The van der Waals surface area contributed by atoms with E-state index in [1.165, 1.54) is 12.8 Å². The lowest BCUT2D eigenvalue weighted by atomic mass is 9.92. The smallest absolute Gasteiger partial charge is 0.223 e. The van der Waals surface area contributed by atoms with Crippen LogP contribution in [0.1, 0.15) is 32.6 Å². The molecule has 1 aliphatic carbocycles. The van der Waals surface area contributed by atoms with Crippen LogP contribution in [-0.2, 0) is 4.79 Å². The molecular weight excluding hydrogens is 164 g/mol. The van der Waals surface area contributed by atoms with Crippen molar-refractivity contribution in [2.75, 3.05) is 6.54 Å². The molecule has 0 aromatic heterocycles. The van der Waals surface area contributed by atoms with Gasteiger partial charge in [0.05, 0.1) is 0 Å². The third-order valence-corrected chi connectivity index (χ3v) is 2.92. The standard InChI is InChI=1S/C10H18N2O/c1-7-6-8(4-5-11-7)10(13)12-9-2-3-9/h7-9,11H,2-6H2,1H3,(H,12,13). The van der Waals surface area contributed by atoms with Gasteiger partial charge in [-0.1, -0.05) is 0 Å². The van der Waals surface area contributed by atoms with Gasteiger partial charge in [-0.25, -0.2) is 0 Å². The first kappa shape index (κ1) is 9.00. The van der Waals surface area contributed by atoms with E-state index in [1.54, 1.807) is 0 Å². The van der Waals surface area contributed by atoms with E-state index in [1.807, 2.05) is 0 Å². The van der Waals surface area contributed by atoms with Crippen LogP contribution in [0.15, 0.2) is 0 Å². The molecule has 1 aliphatic heterocycles. The Morgan fingerprint density at radius 2 is 2.15 bits per heavy atom. The topological polar surface area (TPSA) is 41.1 Å². The zero-order valence-electron chi connectivity index (χ0n) is 8.18. The molecule has 1 amide bonds. The Bertz CT molecular complexity index is 201. The van der Waals surface area contributed by atoms with Crippen molar-refractivity contribution in [3.05, 3.63) is 0 Å². The summed E-state index contributed by atoms with van der Waals surface area (Å²) in [7, 11) is 0. The van der Waals surface area contributed by atoms with Gasteiger partial charge in [-0.15, -0.1) is 0 Å². The number of rotatable bonds is 2. The average Bonchev–Trinajstić information content (AvgIpc) is 2.88. The number of hydrogen-bond acceptors (Lipinski definition) is 2. The summed E-state index contributed by atoms with van der Waals surface area (Å²) in [6, 6.07) is 1.02. The number of hydrogen-bond donors (Lipinski definition) is 2. The minimum Gasteiger partial charge on any atom is -0.353 e. The van der Waals surface area contributed by atoms with Crippen LogP contribution in [0, 0.1) is 5.92 Å². The summed E-state index contributed by atoms with van der Waals surface area (Å²) in [6.45, 7) is 3.14. The number of carbonyl (C=O) groups is 1. The highest BCUT2D eigenvalue weighted by atomic mass is 16.2. The van der Waals surface area contributed by atoms with E-state index in [4.69, 9.17) is 0 Å². The van der Waals surface area contributed by atoms with Crippen molar-refractivity contribution in [1.29, 1.82) is 0 Å². The van der Waals surface area contributed by atoms with Crippen molar-refractivity contribution < 1.29 is 4.79 Å². The fraction of sp³-hybridized carbons (Fsp3) is 0.900. The molecule has 1 saturated heterocycles. The quantitative estimate of drug-likeness (QED) is 0.658. The second-order valence-electron chi connectivity index (χ2n) is 4.36. The maximum Gasteiger partial charge on any atom is 0.223 e. The van der Waals surface area contributed by atoms with Gasteiger partial charge in [-0.2, -0.15) is 0 Å². The molecule has 74 valence electrons. The van der Waals surface area contributed by atoms with Crippen LogP contribution in [-0.4, -0.2) is 24.5 Å². The van der Waals surface area contributed by atoms with Crippen molar-refractivity contribution in [2.24, 2.45) is 5.92 Å². The van der Waals surface area contributed by atoms with E-state index in [2.05, 4.69) is 17.6 Å². The third-order valence-electron chi connectivity index (χ3n) is 2.92. The van der Waals surface area contributed by atoms with Gasteiger partial charge in [0.25, 0.3) is 0 Å². The SMILES string of the molecule is CC1CC(C(=O)NC2CC2)CCN1. The van der Waals surface area contributed by atoms with Gasteiger partial charge in [0.2, 0.25) is 5.91 Å². The lowest BCUT2D eigenvalue weighted by Crippen LogP contribution is -2.42. The highest BCUT2D eigenvalue weighted by Crippen LogP contribution is 2.22. The normalized spacial score (nSPS) is 34.2. The summed E-state index contributed by atoms with van der Waals surface area (Å²) in [4.78, 5) is 11.7. The predicted octanol–water partition coefficient (Wildman–Crippen LogP) is 0.653. The van der Waals surface area contributed by atoms with E-state index in [0.717, 1.165) is 19.4 Å². The van der Waals surface area contributed by atoms with Gasteiger partial charge in [0, 0.05) is 18.0 Å². The first-order valence-corrected chi connectivity index (χ1v) is 5.29. The molecule has 0 aromatic rings. The Balaban J connectivity index is 1.80. The molecule has 0 radical (unpaired) electrons. The molecule has 2 atom stereocenters. The van der Waals surface area contributed by atoms with Gasteiger partial charge in [0.1, 0.15) is 0 Å². The molecule has 3 nitrogen and oxygen atoms in total. The monoisotopic (exact) mass is 182 g/mol. The van der Waals surface area contributed by atoms with E-state index in [9.17, 15) is 4.79 Å². The van der Waals surface area contributed by atoms with Crippen LogP contribution in [0.3, 0.4) is 0 Å². The van der Waals surface area contributed by atoms with Gasteiger partial charge in [-0.3, -0.25) is 4.79 Å². The second kappa shape index (κ2) is 3.66. The summed E-state index contributed by atoms with van der Waals surface area (Å²) in [6.07, 6.45) is 4.37. The molecule has 2 unspecified atom stereocenters. The highest BCUT2D eigenvalue weighted by molar-refractivity contribution is 5.79. The molecule has 2 N–H and O–H groups in total. The average molecular weight is 182 g/mol. The van der Waals surface area contributed by atoms with Crippen LogP contribution in [0.5, 0.6) is 0 Å². The summed E-state index contributed by atoms with van der Waals surface area (Å²) < 4.78 is 0. The molecule has 3 heteroatoms. The van der Waals surface area contributed by atoms with Gasteiger partial charge < -0.3 is 10.6 Å². The molecule has 0 aromatic carbocycles. The van der Waals surface area contributed by atoms with Crippen molar-refractivity contribution in [1.82, 2.24) is 10.6 Å². The second-order valence-corrected chi connectivity index (χ2v) is 4.36. The Kier molecular flexibility index (Phi) is 2.54. The molecule has 2 aliphatic rings. The minimum absolute atomic E-state index is 0.261. The maximum absolute atomic E-state index is 11.7. The highest BCUT2D eigenvalue weighted by Gasteiger charge is 2.29. The summed E-state index contributed by atoms with van der Waals surface area (Å²) >= 11 is 0. The molecule has 2 fully saturated rings. The first-order valence-electron chi connectivity index (χ1n) is 5.29. The fourth-order valence-electron chi connectivity index (χ4n) is 1.92. The van der Waals surface area contributed by atoms with Crippen molar-refractivity contribution in [3.8, 4) is 0 Å². The number of piperidine rings is 1. The van der Waals surface area contributed by atoms with Gasteiger partial charge in [-0.05, 0) is 39.2 Å². The van der Waals surface area contributed by atoms with Crippen molar-refractivity contribution in [2.45, 2.75) is 44.7 Å². The minimum atomic E-state index is 0.261. The predicted molar refractivity (Wildman–Crippen MR) is 51.4 cm³/mol. The van der Waals surface area contributed by atoms with Crippen LogP contribution < -0.4 is 10.6 Å². The largest absolute Gasteiger partial charge is 0.353 e. The summed E-state index contributed by atoms with van der Waals surface area (Å²) in [5, 5.41) is 6.43. The van der Waals surface area contributed by atoms with Crippen LogP contribution in [0.25, 0.3) is 0 Å². The van der Waals surface area contributed by atoms with E-state index < -0.39 is 0 Å². The van der Waals surface area contributed by atoms with Gasteiger partial charge in [0.15, 0.2) is 0 Å². The fourth-order valence-corrected chi connectivity index (χ4v) is 1.92. The zero-order chi connectivity index (χ0) is 9.26. The number of amides is 1. The Morgan fingerprint density at radius 1 is 1.38 bits per heavy atom. The molecule has 2 rings (SSSR count). The zero-order valence-corrected chi connectivity index (χ0v) is 8.18. The maximum atomic E-state index is 11.7. The van der Waals surface area contributed by atoms with Crippen LogP contribution in [0.4, 0.5) is 0 Å². The first-order chi connectivity index (χ1) is 6.25. The molecule has 1 heterocycles. The number of carbonyl (C=O) groups excluding carboxylic acids is 1. The molecular formula is C10H18N2O. The lowest BCUT2D eigenvalue weighted by molar-refractivity contribution is -0.126. The molecule has 1 saturated carbocycles. The van der Waals surface area contributed by atoms with E-state index >= 15 is 0 Å². The van der Waals surface area contributed by atoms with Crippen molar-refractivity contribution in [3.63, 3.8) is 0 Å². The van der Waals surface area contributed by atoms with Crippen molar-refractivity contribution >= 4 is 5.91 Å². The molecule has 0 bridgehead atoms. The van der Waals surface area contributed by atoms with E-state index in [-0.39, 0.29) is 11.8 Å². The lowest BCUT2D eigenvalue weighted by Gasteiger charge is -2.27. The van der Waals surface area contributed by atoms with Crippen LogP contribution >= 0.6 is 0 Å². The van der Waals surface area contributed by atoms with Crippen LogP contribution in [0.2, 0.25) is 0 Å². The molecule has 13 heavy (non-hydrogen) atoms. The third kappa shape index (κ3) is 2.44. The van der Waals surface area contributed by atoms with Gasteiger partial charge >= 0.3 is 0 Å². The Labute approximate surface area is 79.3 Å². The summed E-state index contributed by atoms with van der Waals surface area (Å²) in [5.74, 6) is 0.549. The Morgan fingerprint density at radius 3 is 2.77 bits per heavy atom. The Hall–Kier alpha value is -0.570. The molecule has 0 spiro atoms. The number of nitrogens with one attached hydrogen (secondary N) is 2. The van der Waals surface area contributed by atoms with E-state index in [0.29, 0.717) is 12.1 Å². The summed E-state index contributed by atoms with van der Waals surface area (Å²) in [5.41, 5.74) is 0.